The molecule has 16 heteroatoms. The molecule has 5 rings (SSSR count). The molecule has 0 saturated carbocycles. The third-order valence-electron chi connectivity index (χ3n) is 8.77. The topological polar surface area (TPSA) is 261 Å². The number of nitrogen functional groups attached to an aromatic ring is 1. The number of phenolic OH excluding ortho intramolecular Hbond substituents is 3. The van der Waals surface area contributed by atoms with Gasteiger partial charge in [-0.15, -0.1) is 0 Å². The van der Waals surface area contributed by atoms with Gasteiger partial charge in [0.2, 0.25) is 29.5 Å². The van der Waals surface area contributed by atoms with Crippen LogP contribution in [0.4, 0.5) is 5.69 Å². The Morgan fingerprint density at radius 3 is 1.44 bits per heavy atom. The van der Waals surface area contributed by atoms with Gasteiger partial charge in [0, 0.05) is 31.5 Å². The van der Waals surface area contributed by atoms with E-state index in [1.807, 2.05) is 0 Å². The van der Waals surface area contributed by atoms with E-state index >= 15 is 0 Å². The average molecular weight is 752 g/mol. The Morgan fingerprint density at radius 2 is 0.964 bits per heavy atom. The van der Waals surface area contributed by atoms with E-state index in [0.29, 0.717) is 16.7 Å². The third kappa shape index (κ3) is 11.2. The van der Waals surface area contributed by atoms with Gasteiger partial charge in [0.25, 0.3) is 5.91 Å². The fourth-order valence-corrected chi connectivity index (χ4v) is 5.79. The number of rotatable bonds is 9. The van der Waals surface area contributed by atoms with Crippen LogP contribution >= 0.6 is 0 Å². The standard InChI is InChI=1S/C39H41N7O9/c40-29-4-2-1-3-28(29)35(51)41-20-33-39(55)44-30(17-22-5-11-25(47)12-6-22)36(52)42-21-34(50)43-31(18-23-7-13-26(48)14-8-23)37(53)45-32(38(54)46-33)19-24-9-15-27(49)16-10-24/h1-16,30-33,47-49H,17-21,40H2,(H,41,51)(H,42,52)(H,43,50)(H,44,55)(H,45,53)(H,46,54)/t30-,31-,32-,33-/m0/s1. The van der Waals surface area contributed by atoms with Crippen molar-refractivity contribution in [2.24, 2.45) is 0 Å². The molecule has 1 saturated heterocycles. The minimum Gasteiger partial charge on any atom is -0.508 e. The number of nitrogens with two attached hydrogens (primary N) is 1. The summed E-state index contributed by atoms with van der Waals surface area (Å²) in [6.07, 6.45) is -0.289. The number of anilines is 1. The van der Waals surface area contributed by atoms with Gasteiger partial charge < -0.3 is 53.0 Å². The van der Waals surface area contributed by atoms with Crippen LogP contribution in [0.25, 0.3) is 0 Å². The molecule has 1 fully saturated rings. The summed E-state index contributed by atoms with van der Waals surface area (Å²) in [4.78, 5) is 82.0. The van der Waals surface area contributed by atoms with Gasteiger partial charge in [0.1, 0.15) is 41.4 Å². The lowest BCUT2D eigenvalue weighted by molar-refractivity contribution is -0.133. The zero-order chi connectivity index (χ0) is 39.5. The molecular weight excluding hydrogens is 710 g/mol. The van der Waals surface area contributed by atoms with E-state index < -0.39 is 72.7 Å². The molecule has 0 aromatic heterocycles. The monoisotopic (exact) mass is 751 g/mol. The maximum Gasteiger partial charge on any atom is 0.253 e. The second-order valence-electron chi connectivity index (χ2n) is 12.9. The van der Waals surface area contributed by atoms with Crippen molar-refractivity contribution in [2.45, 2.75) is 43.4 Å². The summed E-state index contributed by atoms with van der Waals surface area (Å²) in [5, 5.41) is 45.0. The number of benzene rings is 4. The van der Waals surface area contributed by atoms with Crippen LogP contribution in [-0.4, -0.2) is 88.0 Å². The third-order valence-corrected chi connectivity index (χ3v) is 8.77. The van der Waals surface area contributed by atoms with Crippen molar-refractivity contribution < 1.29 is 44.1 Å². The molecule has 1 heterocycles. The maximum atomic E-state index is 14.1. The van der Waals surface area contributed by atoms with Gasteiger partial charge in [-0.25, -0.2) is 0 Å². The van der Waals surface area contributed by atoms with Crippen LogP contribution in [-0.2, 0) is 43.2 Å². The van der Waals surface area contributed by atoms with Crippen molar-refractivity contribution in [1.82, 2.24) is 31.9 Å². The molecule has 1 aliphatic heterocycles. The largest absolute Gasteiger partial charge is 0.508 e. The maximum absolute atomic E-state index is 14.1. The van der Waals surface area contributed by atoms with Crippen molar-refractivity contribution in [2.75, 3.05) is 18.8 Å². The van der Waals surface area contributed by atoms with Crippen molar-refractivity contribution >= 4 is 41.1 Å². The van der Waals surface area contributed by atoms with Crippen LogP contribution in [0, 0.1) is 0 Å². The number of phenols is 3. The van der Waals surface area contributed by atoms with Crippen molar-refractivity contribution in [3.05, 3.63) is 119 Å². The highest BCUT2D eigenvalue weighted by atomic mass is 16.3. The summed E-state index contributed by atoms with van der Waals surface area (Å²) in [6, 6.07) is 18.5. The zero-order valence-corrected chi connectivity index (χ0v) is 29.5. The smallest absolute Gasteiger partial charge is 0.253 e. The molecule has 0 unspecified atom stereocenters. The van der Waals surface area contributed by atoms with E-state index in [9.17, 15) is 44.1 Å². The number of hydrogen-bond donors (Lipinski definition) is 10. The van der Waals surface area contributed by atoms with Crippen LogP contribution in [0.5, 0.6) is 17.2 Å². The molecule has 4 aromatic carbocycles. The summed E-state index contributed by atoms with van der Waals surface area (Å²) in [5.41, 5.74) is 7.87. The minimum atomic E-state index is -1.51. The molecule has 0 bridgehead atoms. The van der Waals surface area contributed by atoms with Crippen molar-refractivity contribution in [3.8, 4) is 17.2 Å². The molecule has 11 N–H and O–H groups in total. The summed E-state index contributed by atoms with van der Waals surface area (Å²) >= 11 is 0. The summed E-state index contributed by atoms with van der Waals surface area (Å²) in [6.45, 7) is -1.06. The Labute approximate surface area is 315 Å². The zero-order valence-electron chi connectivity index (χ0n) is 29.5. The molecule has 1 aliphatic rings. The number of carbonyl (C=O) groups is 6. The molecule has 0 spiro atoms. The first-order valence-electron chi connectivity index (χ1n) is 17.3. The van der Waals surface area contributed by atoms with Crippen molar-refractivity contribution in [3.63, 3.8) is 0 Å². The van der Waals surface area contributed by atoms with Gasteiger partial charge in [-0.05, 0) is 65.2 Å². The second-order valence-corrected chi connectivity index (χ2v) is 12.9. The quantitative estimate of drug-likeness (QED) is 0.102. The Balaban J connectivity index is 1.50. The van der Waals surface area contributed by atoms with E-state index in [-0.39, 0.29) is 47.8 Å². The number of nitrogens with one attached hydrogen (secondary N) is 6. The van der Waals surface area contributed by atoms with Crippen LogP contribution < -0.4 is 37.6 Å². The minimum absolute atomic E-state index is 0.0179. The molecule has 286 valence electrons. The van der Waals surface area contributed by atoms with Gasteiger partial charge in [-0.1, -0.05) is 48.5 Å². The average Bonchev–Trinajstić information content (AvgIpc) is 3.16. The first-order valence-corrected chi connectivity index (χ1v) is 17.3. The Kier molecular flexibility index (Phi) is 12.9. The Hall–Kier alpha value is -7.10. The van der Waals surface area contributed by atoms with E-state index in [1.54, 1.807) is 48.5 Å². The number of carbonyl (C=O) groups excluding carboxylic acids is 6. The first kappa shape index (κ1) is 39.1. The summed E-state index contributed by atoms with van der Waals surface area (Å²) in [7, 11) is 0. The predicted octanol–water partition coefficient (Wildman–Crippen LogP) is -0.0875. The highest BCUT2D eigenvalue weighted by Gasteiger charge is 2.33. The van der Waals surface area contributed by atoms with Crippen LogP contribution in [0.15, 0.2) is 97.1 Å². The number of hydrogen-bond acceptors (Lipinski definition) is 10. The molecule has 55 heavy (non-hydrogen) atoms. The summed E-state index contributed by atoms with van der Waals surface area (Å²) in [5.74, 6) is -4.76. The van der Waals surface area contributed by atoms with E-state index in [1.165, 1.54) is 48.5 Å². The van der Waals surface area contributed by atoms with Gasteiger partial charge in [0.05, 0.1) is 12.1 Å². The van der Waals surface area contributed by atoms with Crippen LogP contribution in [0.1, 0.15) is 27.0 Å². The molecule has 0 aliphatic carbocycles. The molecule has 4 atom stereocenters. The number of para-hydroxylation sites is 1. The SMILES string of the molecule is Nc1ccccc1C(=O)NC[C@@H]1NC(=O)[C@H](Cc2ccc(O)cc2)NC(=O)[C@H](Cc2ccc(O)cc2)NC(=O)CNC(=O)[C@H](Cc2ccc(O)cc2)NC1=O. The van der Waals surface area contributed by atoms with Crippen LogP contribution in [0.3, 0.4) is 0 Å². The highest BCUT2D eigenvalue weighted by molar-refractivity contribution is 6.00. The molecule has 4 aromatic rings. The second kappa shape index (κ2) is 18.1. The Morgan fingerprint density at radius 1 is 0.564 bits per heavy atom. The van der Waals surface area contributed by atoms with Crippen LogP contribution in [0.2, 0.25) is 0 Å². The molecule has 16 nitrogen and oxygen atoms in total. The van der Waals surface area contributed by atoms with Gasteiger partial charge in [-0.3, -0.25) is 28.8 Å². The normalized spacial score (nSPS) is 19.7. The fraction of sp³-hybridized carbons (Fsp3) is 0.231. The van der Waals surface area contributed by atoms with E-state index in [2.05, 4.69) is 31.9 Å². The molecule has 0 radical (unpaired) electrons. The lowest BCUT2D eigenvalue weighted by atomic mass is 10.0. The van der Waals surface area contributed by atoms with E-state index in [0.717, 1.165) is 0 Å². The molecular formula is C39H41N7O9. The fourth-order valence-electron chi connectivity index (χ4n) is 5.79. The lowest BCUT2D eigenvalue weighted by Crippen LogP contribution is -2.60. The number of amides is 6. The van der Waals surface area contributed by atoms with Gasteiger partial charge >= 0.3 is 0 Å². The lowest BCUT2D eigenvalue weighted by Gasteiger charge is -2.26. The van der Waals surface area contributed by atoms with Gasteiger partial charge in [-0.2, -0.15) is 0 Å². The Bertz CT molecular complexity index is 2020. The highest BCUT2D eigenvalue weighted by Crippen LogP contribution is 2.16. The molecule has 6 amide bonds. The predicted molar refractivity (Wildman–Crippen MR) is 199 cm³/mol. The number of aromatic hydroxyl groups is 3. The van der Waals surface area contributed by atoms with E-state index in [4.69, 9.17) is 5.73 Å². The van der Waals surface area contributed by atoms with Gasteiger partial charge in [0.15, 0.2) is 0 Å². The first-order chi connectivity index (χ1) is 26.3. The van der Waals surface area contributed by atoms with Crippen molar-refractivity contribution in [1.29, 1.82) is 0 Å². The summed E-state index contributed by atoms with van der Waals surface area (Å²) < 4.78 is 0.